The van der Waals surface area contributed by atoms with E-state index in [0.29, 0.717) is 96.1 Å². The maximum absolute atomic E-state index is 12.2. The van der Waals surface area contributed by atoms with E-state index in [0.717, 1.165) is 86.3 Å². The number of hydrogen-bond donors (Lipinski definition) is 4. The SMILES string of the molecule is CCOCc1nc2c(N)nc3cc(CCCN4CCN(CCCCNC(=O)CCOCCOCCOCCOCCN5C(=O)C=CC5=O)CC4)ccc3c2n1CC(C)(CO)CO. The molecular weight excluding hydrogens is 801 g/mol. The molecule has 0 bridgehead atoms. The number of pyridine rings is 1. The number of aryl methyl sites for hydroxylation is 1. The summed E-state index contributed by atoms with van der Waals surface area (Å²) in [6.45, 7) is 14.7. The molecule has 344 valence electrons. The van der Waals surface area contributed by atoms with Crippen molar-refractivity contribution in [2.45, 2.75) is 59.1 Å². The Morgan fingerprint density at radius 3 is 2.05 bits per heavy atom. The monoisotopic (exact) mass is 869 g/mol. The summed E-state index contributed by atoms with van der Waals surface area (Å²) in [6, 6.07) is 6.36. The topological polar surface area (TPSA) is 216 Å². The van der Waals surface area contributed by atoms with Gasteiger partial charge in [0.25, 0.3) is 11.8 Å². The second kappa shape index (κ2) is 25.9. The van der Waals surface area contributed by atoms with Gasteiger partial charge in [-0.1, -0.05) is 19.1 Å². The molecule has 2 aromatic heterocycles. The molecule has 0 spiro atoms. The molecule has 3 amide bonds. The molecule has 0 unspecified atom stereocenters. The first-order chi connectivity index (χ1) is 30.1. The number of carbonyl (C=O) groups excluding carboxylic acids is 3. The third-order valence-corrected chi connectivity index (χ3v) is 11.2. The second-order valence-electron chi connectivity index (χ2n) is 16.1. The number of aromatic nitrogens is 3. The van der Waals surface area contributed by atoms with Crippen molar-refractivity contribution in [1.29, 1.82) is 0 Å². The van der Waals surface area contributed by atoms with Crippen molar-refractivity contribution in [2.24, 2.45) is 5.41 Å². The molecule has 2 aliphatic heterocycles. The van der Waals surface area contributed by atoms with Crippen LogP contribution in [0.2, 0.25) is 0 Å². The molecule has 0 radical (unpaired) electrons. The number of unbranched alkanes of at least 4 members (excludes halogenated alkanes) is 1. The molecule has 1 saturated heterocycles. The minimum Gasteiger partial charge on any atom is -0.396 e. The quantitative estimate of drug-likeness (QED) is 0.0533. The number of anilines is 1. The molecule has 0 aliphatic carbocycles. The third kappa shape index (κ3) is 15.0. The number of fused-ring (bicyclic) bond motifs is 3. The molecule has 2 aliphatic rings. The first-order valence-corrected chi connectivity index (χ1v) is 22.1. The van der Waals surface area contributed by atoms with Crippen molar-refractivity contribution in [2.75, 3.05) is 131 Å². The lowest BCUT2D eigenvalue weighted by Gasteiger charge is -2.34. The fourth-order valence-corrected chi connectivity index (χ4v) is 7.42. The maximum Gasteiger partial charge on any atom is 0.253 e. The minimum absolute atomic E-state index is 0.00755. The number of nitrogens with one attached hydrogen (secondary N) is 1. The molecule has 0 saturated carbocycles. The van der Waals surface area contributed by atoms with Crippen LogP contribution in [0, 0.1) is 5.41 Å². The Hall–Kier alpha value is -4.11. The number of aliphatic hydroxyl groups excluding tert-OH is 2. The van der Waals surface area contributed by atoms with Crippen LogP contribution in [0.5, 0.6) is 0 Å². The zero-order valence-electron chi connectivity index (χ0n) is 36.7. The molecule has 1 aromatic carbocycles. The molecule has 18 heteroatoms. The number of imide groups is 1. The van der Waals surface area contributed by atoms with Crippen LogP contribution >= 0.6 is 0 Å². The number of nitrogen functional groups attached to an aromatic ring is 1. The molecule has 18 nitrogen and oxygen atoms in total. The Balaban J connectivity index is 0.869. The number of carbonyl (C=O) groups is 3. The van der Waals surface area contributed by atoms with Crippen LogP contribution in [-0.2, 0) is 57.6 Å². The summed E-state index contributed by atoms with van der Waals surface area (Å²) in [7, 11) is 0. The van der Waals surface area contributed by atoms with Crippen molar-refractivity contribution in [3.63, 3.8) is 0 Å². The highest BCUT2D eigenvalue weighted by Crippen LogP contribution is 2.32. The van der Waals surface area contributed by atoms with E-state index in [2.05, 4.69) is 33.3 Å². The number of hydrogen-bond acceptors (Lipinski definition) is 15. The summed E-state index contributed by atoms with van der Waals surface area (Å²) in [5, 5.41) is 24.1. The van der Waals surface area contributed by atoms with Crippen molar-refractivity contribution < 1.29 is 48.3 Å². The van der Waals surface area contributed by atoms with Gasteiger partial charge in [0.15, 0.2) is 5.82 Å². The predicted molar refractivity (Wildman–Crippen MR) is 234 cm³/mol. The normalized spacial score (nSPS) is 15.3. The van der Waals surface area contributed by atoms with Gasteiger partial charge in [-0.2, -0.15) is 0 Å². The van der Waals surface area contributed by atoms with Gasteiger partial charge >= 0.3 is 0 Å². The van der Waals surface area contributed by atoms with Gasteiger partial charge in [-0.25, -0.2) is 9.97 Å². The van der Waals surface area contributed by atoms with E-state index in [1.165, 1.54) is 17.7 Å². The highest BCUT2D eigenvalue weighted by atomic mass is 16.6. The zero-order valence-corrected chi connectivity index (χ0v) is 36.7. The van der Waals surface area contributed by atoms with Gasteiger partial charge in [-0.05, 0) is 57.3 Å². The number of benzene rings is 1. The van der Waals surface area contributed by atoms with E-state index in [-0.39, 0.29) is 44.1 Å². The van der Waals surface area contributed by atoms with Gasteiger partial charge in [-0.15, -0.1) is 0 Å². The summed E-state index contributed by atoms with van der Waals surface area (Å²) >= 11 is 0. The van der Waals surface area contributed by atoms with Crippen LogP contribution < -0.4 is 11.1 Å². The summed E-state index contributed by atoms with van der Waals surface area (Å²) in [5.41, 5.74) is 9.17. The Kier molecular flexibility index (Phi) is 20.4. The van der Waals surface area contributed by atoms with E-state index in [9.17, 15) is 24.6 Å². The zero-order chi connectivity index (χ0) is 44.2. The summed E-state index contributed by atoms with van der Waals surface area (Å²) in [6.07, 6.45) is 6.76. The molecule has 0 atom stereocenters. The average molecular weight is 869 g/mol. The smallest absolute Gasteiger partial charge is 0.253 e. The number of ether oxygens (including phenoxy) is 5. The van der Waals surface area contributed by atoms with Gasteiger partial charge < -0.3 is 59.3 Å². The number of nitrogens with two attached hydrogens (primary N) is 1. The Morgan fingerprint density at radius 2 is 1.42 bits per heavy atom. The number of amides is 3. The summed E-state index contributed by atoms with van der Waals surface area (Å²) < 4.78 is 29.6. The molecule has 1 fully saturated rings. The van der Waals surface area contributed by atoms with Gasteiger partial charge in [0, 0.05) is 75.2 Å². The molecular formula is C44H68N8O10. The molecule has 3 aromatic rings. The lowest BCUT2D eigenvalue weighted by molar-refractivity contribution is -0.137. The second-order valence-corrected chi connectivity index (χ2v) is 16.1. The lowest BCUT2D eigenvalue weighted by Crippen LogP contribution is -2.46. The number of piperazine rings is 1. The Morgan fingerprint density at radius 1 is 0.806 bits per heavy atom. The molecule has 62 heavy (non-hydrogen) atoms. The van der Waals surface area contributed by atoms with Gasteiger partial charge in [0.1, 0.15) is 17.9 Å². The summed E-state index contributed by atoms with van der Waals surface area (Å²) in [5.74, 6) is 0.403. The van der Waals surface area contributed by atoms with Crippen molar-refractivity contribution in [1.82, 2.24) is 34.6 Å². The van der Waals surface area contributed by atoms with Crippen LogP contribution in [0.3, 0.4) is 0 Å². The van der Waals surface area contributed by atoms with E-state index in [4.69, 9.17) is 39.4 Å². The number of nitrogens with zero attached hydrogens (tertiary/aromatic N) is 6. The predicted octanol–water partition coefficient (Wildman–Crippen LogP) is 1.52. The maximum atomic E-state index is 12.2. The third-order valence-electron chi connectivity index (χ3n) is 11.2. The van der Waals surface area contributed by atoms with E-state index in [1.807, 2.05) is 18.4 Å². The van der Waals surface area contributed by atoms with Crippen molar-refractivity contribution in [3.05, 3.63) is 41.7 Å². The first kappa shape index (κ1) is 48.9. The number of aliphatic hydroxyl groups is 2. The van der Waals surface area contributed by atoms with E-state index in [1.54, 1.807) is 0 Å². The van der Waals surface area contributed by atoms with Crippen LogP contribution in [0.4, 0.5) is 5.82 Å². The van der Waals surface area contributed by atoms with Crippen LogP contribution in [-0.4, -0.2) is 182 Å². The van der Waals surface area contributed by atoms with Gasteiger partial charge in [0.05, 0.1) is 83.6 Å². The number of imidazole rings is 1. The van der Waals surface area contributed by atoms with Gasteiger partial charge in [-0.3, -0.25) is 19.3 Å². The Labute approximate surface area is 364 Å². The van der Waals surface area contributed by atoms with Crippen molar-refractivity contribution in [3.8, 4) is 0 Å². The first-order valence-electron chi connectivity index (χ1n) is 22.1. The standard InChI is InChI=1S/C44H68N8O10/c1-3-58-30-37-48-41-42(52(37)31-44(2,32-53)33-54)35-9-8-34(29-36(35)47-43(41)45)7-6-15-50-18-16-49(17-19-50)14-5-4-13-46-38(55)12-21-59-23-25-61-27-28-62-26-24-60-22-20-51-39(56)10-11-40(51)57/h8-11,29,53-54H,3-7,12-28,30-33H2,1-2H3,(H2,45,47)(H,46,55). The van der Waals surface area contributed by atoms with Gasteiger partial charge in [0.2, 0.25) is 5.91 Å². The van der Waals surface area contributed by atoms with Crippen LogP contribution in [0.15, 0.2) is 30.4 Å². The summed E-state index contributed by atoms with van der Waals surface area (Å²) in [4.78, 5) is 50.9. The fraction of sp³-hybridized carbons (Fsp3) is 0.659. The van der Waals surface area contributed by atoms with E-state index < -0.39 is 5.41 Å². The van der Waals surface area contributed by atoms with Crippen molar-refractivity contribution >= 4 is 45.5 Å². The highest BCUT2D eigenvalue weighted by molar-refractivity contribution is 6.12. The molecule has 5 N–H and O–H groups in total. The van der Waals surface area contributed by atoms with Crippen LogP contribution in [0.1, 0.15) is 50.9 Å². The van der Waals surface area contributed by atoms with E-state index >= 15 is 0 Å². The van der Waals surface area contributed by atoms with Crippen LogP contribution in [0.25, 0.3) is 21.9 Å². The molecule has 5 rings (SSSR count). The number of rotatable bonds is 31. The minimum atomic E-state index is -0.748. The fourth-order valence-electron chi connectivity index (χ4n) is 7.42. The Bertz CT molecular complexity index is 1880. The highest BCUT2D eigenvalue weighted by Gasteiger charge is 2.28. The lowest BCUT2D eigenvalue weighted by atomic mass is 9.92. The average Bonchev–Trinajstić information content (AvgIpc) is 3.80. The molecule has 4 heterocycles. The largest absolute Gasteiger partial charge is 0.396 e.